The first-order chi connectivity index (χ1) is 8.67. The average Bonchev–Trinajstić information content (AvgIpc) is 2.37. The van der Waals surface area contributed by atoms with Gasteiger partial charge < -0.3 is 10.5 Å². The first-order valence-corrected chi connectivity index (χ1v) is 5.90. The summed E-state index contributed by atoms with van der Waals surface area (Å²) in [6, 6.07) is 9.79. The summed E-state index contributed by atoms with van der Waals surface area (Å²) in [5.41, 5.74) is 8.54. The van der Waals surface area contributed by atoms with E-state index in [0.29, 0.717) is 19.0 Å². The molecule has 1 heterocycles. The largest absolute Gasteiger partial charge is 0.486 e. The second kappa shape index (κ2) is 7.07. The normalized spacial score (nSPS) is 9.84. The van der Waals surface area contributed by atoms with Crippen LogP contribution in [0.15, 0.2) is 30.3 Å². The van der Waals surface area contributed by atoms with Crippen molar-refractivity contribution < 1.29 is 4.74 Å². The SMILES string of the molecule is Cc1ccc(OCc2nc(C)cc(CN)n2)cc1.Cl. The van der Waals surface area contributed by atoms with Crippen molar-refractivity contribution in [2.75, 3.05) is 0 Å². The number of aromatic nitrogens is 2. The van der Waals surface area contributed by atoms with Gasteiger partial charge in [0.15, 0.2) is 5.82 Å². The molecular formula is C14H18ClN3O. The molecule has 0 bridgehead atoms. The van der Waals surface area contributed by atoms with Crippen molar-refractivity contribution in [1.29, 1.82) is 0 Å². The number of nitrogens with zero attached hydrogens (tertiary/aromatic N) is 2. The molecule has 1 aromatic carbocycles. The predicted octanol–water partition coefficient (Wildman–Crippen LogP) is 2.55. The van der Waals surface area contributed by atoms with E-state index in [2.05, 4.69) is 9.97 Å². The summed E-state index contributed by atoms with van der Waals surface area (Å²) >= 11 is 0. The molecule has 19 heavy (non-hydrogen) atoms. The molecule has 2 aromatic rings. The third kappa shape index (κ3) is 4.50. The van der Waals surface area contributed by atoms with Gasteiger partial charge >= 0.3 is 0 Å². The number of hydrogen-bond acceptors (Lipinski definition) is 4. The second-order valence-electron chi connectivity index (χ2n) is 4.22. The number of hydrogen-bond donors (Lipinski definition) is 1. The molecule has 1 aromatic heterocycles. The molecule has 0 fully saturated rings. The number of aryl methyl sites for hydroxylation is 2. The molecule has 0 spiro atoms. The van der Waals surface area contributed by atoms with Gasteiger partial charge in [0, 0.05) is 12.2 Å². The molecule has 5 heteroatoms. The van der Waals surface area contributed by atoms with Crippen molar-refractivity contribution in [3.05, 3.63) is 53.1 Å². The molecule has 2 N–H and O–H groups in total. The molecular weight excluding hydrogens is 262 g/mol. The van der Waals surface area contributed by atoms with Crippen LogP contribution in [0, 0.1) is 13.8 Å². The summed E-state index contributed by atoms with van der Waals surface area (Å²) in [6.45, 7) is 4.75. The Morgan fingerprint density at radius 1 is 1.11 bits per heavy atom. The van der Waals surface area contributed by atoms with Crippen LogP contribution in [0.3, 0.4) is 0 Å². The quantitative estimate of drug-likeness (QED) is 0.934. The lowest BCUT2D eigenvalue weighted by molar-refractivity contribution is 0.295. The second-order valence-corrected chi connectivity index (χ2v) is 4.22. The van der Waals surface area contributed by atoms with Gasteiger partial charge in [-0.2, -0.15) is 0 Å². The summed E-state index contributed by atoms with van der Waals surface area (Å²) in [4.78, 5) is 8.65. The average molecular weight is 280 g/mol. The van der Waals surface area contributed by atoms with Crippen molar-refractivity contribution in [1.82, 2.24) is 9.97 Å². The summed E-state index contributed by atoms with van der Waals surface area (Å²) in [6.07, 6.45) is 0. The Labute approximate surface area is 119 Å². The molecule has 0 saturated carbocycles. The molecule has 0 radical (unpaired) electrons. The molecule has 0 unspecified atom stereocenters. The van der Waals surface area contributed by atoms with Gasteiger partial charge in [0.05, 0.1) is 5.69 Å². The van der Waals surface area contributed by atoms with Crippen molar-refractivity contribution in [2.45, 2.75) is 27.0 Å². The highest BCUT2D eigenvalue weighted by atomic mass is 35.5. The zero-order valence-electron chi connectivity index (χ0n) is 11.1. The molecule has 4 nitrogen and oxygen atoms in total. The van der Waals surface area contributed by atoms with Crippen molar-refractivity contribution in [3.8, 4) is 5.75 Å². The lowest BCUT2D eigenvalue weighted by atomic mass is 10.2. The fourth-order valence-electron chi connectivity index (χ4n) is 1.65. The van der Waals surface area contributed by atoms with Crippen LogP contribution in [-0.2, 0) is 13.2 Å². The van der Waals surface area contributed by atoms with Crippen LogP contribution >= 0.6 is 12.4 Å². The highest BCUT2D eigenvalue weighted by molar-refractivity contribution is 5.85. The van der Waals surface area contributed by atoms with Crippen LogP contribution in [-0.4, -0.2) is 9.97 Å². The van der Waals surface area contributed by atoms with E-state index in [1.807, 2.05) is 44.2 Å². The van der Waals surface area contributed by atoms with E-state index in [1.54, 1.807) is 0 Å². The summed E-state index contributed by atoms with van der Waals surface area (Å²) < 4.78 is 5.64. The van der Waals surface area contributed by atoms with E-state index in [4.69, 9.17) is 10.5 Å². The Morgan fingerprint density at radius 2 is 1.79 bits per heavy atom. The molecule has 0 saturated heterocycles. The van der Waals surface area contributed by atoms with Gasteiger partial charge in [-0.1, -0.05) is 17.7 Å². The van der Waals surface area contributed by atoms with Crippen LogP contribution in [0.4, 0.5) is 0 Å². The van der Waals surface area contributed by atoms with Gasteiger partial charge in [0.2, 0.25) is 0 Å². The zero-order valence-corrected chi connectivity index (χ0v) is 11.9. The van der Waals surface area contributed by atoms with E-state index < -0.39 is 0 Å². The minimum atomic E-state index is 0. The smallest absolute Gasteiger partial charge is 0.166 e. The van der Waals surface area contributed by atoms with Crippen LogP contribution < -0.4 is 10.5 Å². The Morgan fingerprint density at radius 3 is 2.42 bits per heavy atom. The van der Waals surface area contributed by atoms with Crippen molar-refractivity contribution in [2.24, 2.45) is 5.73 Å². The van der Waals surface area contributed by atoms with E-state index in [0.717, 1.165) is 17.1 Å². The number of benzene rings is 1. The fourth-order valence-corrected chi connectivity index (χ4v) is 1.65. The Hall–Kier alpha value is -1.65. The maximum Gasteiger partial charge on any atom is 0.166 e. The monoisotopic (exact) mass is 279 g/mol. The standard InChI is InChI=1S/C14H17N3O.ClH/c1-10-3-5-13(6-4-10)18-9-14-16-11(2)7-12(8-15)17-14;/h3-7H,8-9,15H2,1-2H3;1H. The predicted molar refractivity (Wildman–Crippen MR) is 77.4 cm³/mol. The molecule has 0 aliphatic rings. The number of ether oxygens (including phenoxy) is 1. The molecule has 2 rings (SSSR count). The third-order valence-electron chi connectivity index (χ3n) is 2.55. The lowest BCUT2D eigenvalue weighted by Gasteiger charge is -2.07. The number of halogens is 1. The summed E-state index contributed by atoms with van der Waals surface area (Å²) in [5, 5.41) is 0. The van der Waals surface area contributed by atoms with E-state index in [1.165, 1.54) is 5.56 Å². The fraction of sp³-hybridized carbons (Fsp3) is 0.286. The molecule has 0 aliphatic heterocycles. The Bertz CT molecular complexity index is 529. The van der Waals surface area contributed by atoms with Crippen LogP contribution in [0.25, 0.3) is 0 Å². The lowest BCUT2D eigenvalue weighted by Crippen LogP contribution is -2.08. The van der Waals surface area contributed by atoms with E-state index >= 15 is 0 Å². The van der Waals surface area contributed by atoms with Gasteiger partial charge in [-0.25, -0.2) is 9.97 Å². The third-order valence-corrected chi connectivity index (χ3v) is 2.55. The maximum absolute atomic E-state index is 5.64. The maximum atomic E-state index is 5.64. The van der Waals surface area contributed by atoms with Crippen LogP contribution in [0.2, 0.25) is 0 Å². The highest BCUT2D eigenvalue weighted by Gasteiger charge is 2.02. The van der Waals surface area contributed by atoms with Crippen LogP contribution in [0.1, 0.15) is 22.8 Å². The molecule has 102 valence electrons. The first-order valence-electron chi connectivity index (χ1n) is 5.90. The topological polar surface area (TPSA) is 61.0 Å². The highest BCUT2D eigenvalue weighted by Crippen LogP contribution is 2.13. The minimum Gasteiger partial charge on any atom is -0.486 e. The Balaban J connectivity index is 0.00000180. The van der Waals surface area contributed by atoms with E-state index in [9.17, 15) is 0 Å². The van der Waals surface area contributed by atoms with E-state index in [-0.39, 0.29) is 12.4 Å². The van der Waals surface area contributed by atoms with Crippen molar-refractivity contribution >= 4 is 12.4 Å². The summed E-state index contributed by atoms with van der Waals surface area (Å²) in [7, 11) is 0. The van der Waals surface area contributed by atoms with Gasteiger partial charge in [0.25, 0.3) is 0 Å². The van der Waals surface area contributed by atoms with Gasteiger partial charge in [-0.3, -0.25) is 0 Å². The van der Waals surface area contributed by atoms with Gasteiger partial charge in [-0.05, 0) is 32.0 Å². The zero-order chi connectivity index (χ0) is 13.0. The van der Waals surface area contributed by atoms with Gasteiger partial charge in [0.1, 0.15) is 12.4 Å². The van der Waals surface area contributed by atoms with Gasteiger partial charge in [-0.15, -0.1) is 12.4 Å². The summed E-state index contributed by atoms with van der Waals surface area (Å²) in [5.74, 6) is 1.48. The number of rotatable bonds is 4. The Kier molecular flexibility index (Phi) is 5.73. The first kappa shape index (κ1) is 15.4. The molecule has 0 atom stereocenters. The van der Waals surface area contributed by atoms with Crippen molar-refractivity contribution in [3.63, 3.8) is 0 Å². The number of nitrogens with two attached hydrogens (primary N) is 1. The van der Waals surface area contributed by atoms with Crippen LogP contribution in [0.5, 0.6) is 5.75 Å². The molecule has 0 amide bonds. The molecule has 0 aliphatic carbocycles. The minimum absolute atomic E-state index is 0.